The van der Waals surface area contributed by atoms with Crippen LogP contribution in [-0.2, 0) is 14.8 Å². The number of urea groups is 1. The number of rotatable bonds is 5. The molecule has 0 aromatic heterocycles. The molecule has 4 bridgehead atoms. The summed E-state index contributed by atoms with van der Waals surface area (Å²) >= 11 is 0. The minimum atomic E-state index is -3.66. The van der Waals surface area contributed by atoms with Crippen molar-refractivity contribution in [3.05, 3.63) is 36.9 Å². The van der Waals surface area contributed by atoms with Crippen molar-refractivity contribution in [2.24, 2.45) is 17.8 Å². The molecule has 1 aromatic carbocycles. The van der Waals surface area contributed by atoms with E-state index in [1.54, 1.807) is 17.0 Å². The fourth-order valence-corrected chi connectivity index (χ4v) is 8.18. The molecule has 1 aliphatic heterocycles. The van der Waals surface area contributed by atoms with Crippen molar-refractivity contribution < 1.29 is 18.0 Å². The van der Waals surface area contributed by atoms with Gasteiger partial charge in [0, 0.05) is 37.4 Å². The number of sulfonamides is 1. The normalized spacial score (nSPS) is 31.3. The number of carbonyl (C=O) groups is 2. The van der Waals surface area contributed by atoms with Gasteiger partial charge >= 0.3 is 6.03 Å². The van der Waals surface area contributed by atoms with Crippen LogP contribution in [0.25, 0.3) is 0 Å². The zero-order chi connectivity index (χ0) is 23.2. The molecule has 5 aliphatic rings. The Bertz CT molecular complexity index is 1010. The summed E-state index contributed by atoms with van der Waals surface area (Å²) in [7, 11) is -3.66. The Morgan fingerprint density at radius 1 is 0.939 bits per heavy atom. The Morgan fingerprint density at radius 3 is 2.00 bits per heavy atom. The maximum Gasteiger partial charge on any atom is 0.317 e. The lowest BCUT2D eigenvalue weighted by Gasteiger charge is -2.57. The largest absolute Gasteiger partial charge is 0.333 e. The van der Waals surface area contributed by atoms with Gasteiger partial charge in [-0.05, 0) is 86.6 Å². The van der Waals surface area contributed by atoms with Crippen molar-refractivity contribution in [2.45, 2.75) is 49.0 Å². The standard InChI is InChI=1S/C24H32N4O4S/c1-2-22(29)25-20-3-5-21(6-4-20)33(31,32)28-9-7-27(8-10-28)23(30)26-24-14-17-11-18(15-24)13-19(12-17)16-24/h2-6,17-19H,1,7-16H2,(H,25,29)(H,26,30). The van der Waals surface area contributed by atoms with Crippen LogP contribution in [0.5, 0.6) is 0 Å². The molecule has 1 heterocycles. The van der Waals surface area contributed by atoms with Crippen LogP contribution in [0.4, 0.5) is 10.5 Å². The number of piperazine rings is 1. The van der Waals surface area contributed by atoms with Crippen LogP contribution >= 0.6 is 0 Å². The van der Waals surface area contributed by atoms with E-state index >= 15 is 0 Å². The summed E-state index contributed by atoms with van der Waals surface area (Å²) in [5.41, 5.74) is 0.461. The SMILES string of the molecule is C=CC(=O)Nc1ccc(S(=O)(=O)N2CCN(C(=O)NC34CC5CC(CC(C5)C3)C4)CC2)cc1. The fraction of sp³-hybridized carbons (Fsp3) is 0.583. The maximum absolute atomic E-state index is 13.1. The lowest BCUT2D eigenvalue weighted by atomic mass is 9.53. The summed E-state index contributed by atoms with van der Waals surface area (Å²) in [6, 6.07) is 6.05. The first-order valence-corrected chi connectivity index (χ1v) is 13.3. The van der Waals surface area contributed by atoms with E-state index in [-0.39, 0.29) is 35.5 Å². The number of nitrogens with zero attached hydrogens (tertiary/aromatic N) is 2. The summed E-state index contributed by atoms with van der Waals surface area (Å²) in [4.78, 5) is 26.4. The number of hydrogen-bond acceptors (Lipinski definition) is 4. The molecule has 6 rings (SSSR count). The van der Waals surface area contributed by atoms with Gasteiger partial charge in [-0.2, -0.15) is 4.31 Å². The third kappa shape index (κ3) is 4.40. The van der Waals surface area contributed by atoms with E-state index in [4.69, 9.17) is 0 Å². The van der Waals surface area contributed by atoms with Gasteiger partial charge in [-0.25, -0.2) is 13.2 Å². The number of amides is 3. The maximum atomic E-state index is 13.1. The average molecular weight is 473 g/mol. The van der Waals surface area contributed by atoms with E-state index in [9.17, 15) is 18.0 Å². The Hall–Kier alpha value is -2.39. The molecule has 1 saturated heterocycles. The van der Waals surface area contributed by atoms with Gasteiger partial charge in [-0.1, -0.05) is 6.58 Å². The number of hydrogen-bond donors (Lipinski definition) is 2. The van der Waals surface area contributed by atoms with Gasteiger partial charge in [0.25, 0.3) is 0 Å². The second-order valence-electron chi connectivity index (χ2n) is 10.2. The van der Waals surface area contributed by atoms with Gasteiger partial charge in [0.1, 0.15) is 0 Å². The summed E-state index contributed by atoms with van der Waals surface area (Å²) in [6.07, 6.45) is 8.43. The first-order valence-electron chi connectivity index (χ1n) is 11.9. The molecule has 1 aromatic rings. The van der Waals surface area contributed by atoms with Crippen molar-refractivity contribution in [3.63, 3.8) is 0 Å². The van der Waals surface area contributed by atoms with Crippen LogP contribution in [-0.4, -0.2) is 61.3 Å². The molecule has 4 aliphatic carbocycles. The van der Waals surface area contributed by atoms with Crippen LogP contribution in [0.1, 0.15) is 38.5 Å². The zero-order valence-corrected chi connectivity index (χ0v) is 19.6. The van der Waals surface area contributed by atoms with E-state index in [2.05, 4.69) is 17.2 Å². The Kier molecular flexibility index (Phi) is 5.73. The molecule has 3 amide bonds. The van der Waals surface area contributed by atoms with Crippen LogP contribution in [0.2, 0.25) is 0 Å². The first-order chi connectivity index (χ1) is 15.8. The highest BCUT2D eigenvalue weighted by Gasteiger charge is 2.52. The molecule has 2 N–H and O–H groups in total. The van der Waals surface area contributed by atoms with E-state index < -0.39 is 10.0 Å². The molecule has 178 valence electrons. The Morgan fingerprint density at radius 2 is 1.48 bits per heavy atom. The van der Waals surface area contributed by atoms with E-state index in [0.717, 1.165) is 43.1 Å². The molecular formula is C24H32N4O4S. The highest BCUT2D eigenvalue weighted by Crippen LogP contribution is 2.55. The Labute approximate surface area is 195 Å². The molecule has 0 atom stereocenters. The van der Waals surface area contributed by atoms with Crippen molar-refractivity contribution in [1.82, 2.24) is 14.5 Å². The molecular weight excluding hydrogens is 440 g/mol. The Balaban J connectivity index is 1.18. The predicted molar refractivity (Wildman–Crippen MR) is 125 cm³/mol. The lowest BCUT2D eigenvalue weighted by molar-refractivity contribution is -0.111. The van der Waals surface area contributed by atoms with Gasteiger partial charge in [0.2, 0.25) is 15.9 Å². The summed E-state index contributed by atoms with van der Waals surface area (Å²) in [5, 5.41) is 5.99. The van der Waals surface area contributed by atoms with Crippen molar-refractivity contribution in [1.29, 1.82) is 0 Å². The quantitative estimate of drug-likeness (QED) is 0.644. The van der Waals surface area contributed by atoms with Gasteiger partial charge in [-0.15, -0.1) is 0 Å². The van der Waals surface area contributed by atoms with Crippen molar-refractivity contribution in [3.8, 4) is 0 Å². The second kappa shape index (κ2) is 8.43. The first kappa shape index (κ1) is 22.4. The van der Waals surface area contributed by atoms with E-state index in [1.807, 2.05) is 0 Å². The second-order valence-corrected chi connectivity index (χ2v) is 12.2. The molecule has 5 fully saturated rings. The topological polar surface area (TPSA) is 98.8 Å². The van der Waals surface area contributed by atoms with Gasteiger partial charge in [0.15, 0.2) is 0 Å². The third-order valence-corrected chi connectivity index (χ3v) is 9.79. The monoisotopic (exact) mass is 472 g/mol. The summed E-state index contributed by atoms with van der Waals surface area (Å²) in [5.74, 6) is 1.92. The van der Waals surface area contributed by atoms with Crippen LogP contribution < -0.4 is 10.6 Å². The average Bonchev–Trinajstić information content (AvgIpc) is 2.78. The third-order valence-electron chi connectivity index (χ3n) is 7.88. The number of carbonyl (C=O) groups excluding carboxylic acids is 2. The zero-order valence-electron chi connectivity index (χ0n) is 18.8. The van der Waals surface area contributed by atoms with E-state index in [1.165, 1.54) is 35.7 Å². The molecule has 4 saturated carbocycles. The number of benzene rings is 1. The predicted octanol–water partition coefficient (Wildman–Crippen LogP) is 2.80. The molecule has 33 heavy (non-hydrogen) atoms. The molecule has 0 unspecified atom stereocenters. The molecule has 0 spiro atoms. The van der Waals surface area contributed by atoms with Crippen LogP contribution in [0, 0.1) is 17.8 Å². The van der Waals surface area contributed by atoms with Crippen LogP contribution in [0.3, 0.4) is 0 Å². The van der Waals surface area contributed by atoms with E-state index in [0.29, 0.717) is 18.8 Å². The van der Waals surface area contributed by atoms with Gasteiger partial charge < -0.3 is 15.5 Å². The molecule has 9 heteroatoms. The molecule has 0 radical (unpaired) electrons. The summed E-state index contributed by atoms with van der Waals surface area (Å²) in [6.45, 7) is 4.70. The van der Waals surface area contributed by atoms with Gasteiger partial charge in [-0.3, -0.25) is 4.79 Å². The van der Waals surface area contributed by atoms with Gasteiger partial charge in [0.05, 0.1) is 4.90 Å². The minimum Gasteiger partial charge on any atom is -0.333 e. The minimum absolute atomic E-state index is 0.0438. The number of anilines is 1. The smallest absolute Gasteiger partial charge is 0.317 e. The fourth-order valence-electron chi connectivity index (χ4n) is 6.75. The summed E-state index contributed by atoms with van der Waals surface area (Å²) < 4.78 is 27.5. The highest BCUT2D eigenvalue weighted by atomic mass is 32.2. The van der Waals surface area contributed by atoms with Crippen LogP contribution in [0.15, 0.2) is 41.8 Å². The molecule has 8 nitrogen and oxygen atoms in total. The lowest BCUT2D eigenvalue weighted by Crippen LogP contribution is -2.63. The van der Waals surface area contributed by atoms with Crippen molar-refractivity contribution >= 4 is 27.6 Å². The number of nitrogens with one attached hydrogen (secondary N) is 2. The van der Waals surface area contributed by atoms with Crippen molar-refractivity contribution in [2.75, 3.05) is 31.5 Å². The highest BCUT2D eigenvalue weighted by molar-refractivity contribution is 7.89.